The molecule has 0 radical (unpaired) electrons. The first-order valence-electron chi connectivity index (χ1n) is 50.2. The largest absolute Gasteiger partial charge is 0.469 e. The lowest BCUT2D eigenvalue weighted by atomic mass is 9.81. The van der Waals surface area contributed by atoms with Crippen molar-refractivity contribution >= 4 is 206 Å². The second-order valence-electron chi connectivity index (χ2n) is 36.7. The summed E-state index contributed by atoms with van der Waals surface area (Å²) < 4.78 is 9.90. The van der Waals surface area contributed by atoms with Crippen molar-refractivity contribution < 1.29 is 61.9 Å². The van der Waals surface area contributed by atoms with Gasteiger partial charge in [0.25, 0.3) is 11.8 Å². The summed E-state index contributed by atoms with van der Waals surface area (Å²) in [6, 6.07) is 25.9. The average Bonchev–Trinajstić information content (AvgIpc) is 1.75. The first kappa shape index (κ1) is 127. The standard InChI is InChI=1S/C15H22N2OS.C12H19NOS.C12H12O2S.C11H15NO2S.C11H14OS.C11H16OS.C10H9NOS2.C10H15NOS.C9H13NOS.C8H10O2S.C5H7NS/c1-12-10-13(11-19-12)15(18)17-8-4-14(5-9-17)16-6-2-3-7-16;1-10-8-11(9-15-10)12(14)6-4-5-7-13(2)3;1-9-7-10(8-15-9)12(13)5-4-11-3-2-6-14-11;1-8-6-9(7-15-8)10(13)4-5-11(14)12(2)3;1-8-5-10(7-13-8)11(12)6-9-3-2-4-9;1-3-4-5-6-11(12)10-7-9(2)13-8-10;1-7-4-8(6-14-7)9(12)5-10-11-2-3-13-10;1-8-6-9(7-13-8)10(12)4-2-3-5-11;1-3-4-10-9(11)8-5-7(2)12-6-8;1-6-3-7(5-11-6)8(9)4-10-2;1-4-2-5(6)3-7-4/h10-11,14H,2-9H2,1H3;8-9H,4-7H2,1-3H3;2-3,6-8H,4-5H2,1H3;6-7H,4-5H2,1-3H3;5,7,9H,2-4,6H2,1H3;7-8H,3-6H2,1-2H3;2-4,6H,5H2,1H3;6-7H,2-5,11H2,1H3;5-6H,3-4H2,1-2H3,(H,10,11);3,5H,4H2,1-2H3;2-3H,6H2,1H3. The molecule has 0 bridgehead atoms. The molecule has 2 aliphatic heterocycles. The van der Waals surface area contributed by atoms with Crippen LogP contribution in [0.2, 0.25) is 0 Å². The molecule has 0 aromatic carbocycles. The Labute approximate surface area is 920 Å². The molecule has 5 N–H and O–H groups in total. The van der Waals surface area contributed by atoms with Crippen molar-refractivity contribution in [2.24, 2.45) is 11.7 Å². The number of Topliss-reactive ketones (excluding diaryl/α,β-unsaturated/α-hetero) is 8. The number of thiazole rings is 1. The Morgan fingerprint density at radius 1 is 0.429 bits per heavy atom. The van der Waals surface area contributed by atoms with Crippen LogP contribution in [0, 0.1) is 82.1 Å². The molecule has 0 atom stereocenters. The van der Waals surface area contributed by atoms with Crippen LogP contribution in [-0.4, -0.2) is 182 Å². The van der Waals surface area contributed by atoms with Crippen molar-refractivity contribution in [3.05, 3.63) is 276 Å². The predicted octanol–water partition coefficient (Wildman–Crippen LogP) is 29.6. The third-order valence-corrected chi connectivity index (χ3v) is 33.5. The number of methoxy groups -OCH3 is 1. The van der Waals surface area contributed by atoms with Gasteiger partial charge in [0.15, 0.2) is 46.3 Å². The number of aryl methyl sites for hydroxylation is 12. The number of thiophene rings is 11. The monoisotopic (exact) mass is 2220 g/mol. The summed E-state index contributed by atoms with van der Waals surface area (Å²) >= 11 is 19.4. The molecule has 147 heavy (non-hydrogen) atoms. The number of furan rings is 1. The number of hydrogen-bond donors (Lipinski definition) is 3. The molecule has 15 heterocycles. The van der Waals surface area contributed by atoms with Crippen molar-refractivity contribution in [1.82, 2.24) is 29.9 Å². The molecule has 3 fully saturated rings. The van der Waals surface area contributed by atoms with Gasteiger partial charge in [0.2, 0.25) is 5.91 Å². The van der Waals surface area contributed by atoms with Crippen molar-refractivity contribution in [2.45, 2.75) is 250 Å². The number of piperidine rings is 1. The van der Waals surface area contributed by atoms with Crippen LogP contribution >= 0.6 is 136 Å². The summed E-state index contributed by atoms with van der Waals surface area (Å²) in [5.74, 6) is 3.46. The van der Waals surface area contributed by atoms with Gasteiger partial charge >= 0.3 is 0 Å². The minimum atomic E-state index is -0.00435. The van der Waals surface area contributed by atoms with E-state index in [1.54, 1.807) is 151 Å². The van der Waals surface area contributed by atoms with Gasteiger partial charge in [-0.1, -0.05) is 46.0 Å². The highest BCUT2D eigenvalue weighted by Crippen LogP contribution is 2.32. The molecule has 0 unspecified atom stereocenters. The number of anilines is 1. The van der Waals surface area contributed by atoms with Gasteiger partial charge in [0.05, 0.1) is 23.8 Å². The van der Waals surface area contributed by atoms with Crippen LogP contribution in [0.1, 0.15) is 323 Å². The van der Waals surface area contributed by atoms with Gasteiger partial charge < -0.3 is 45.5 Å². The Hall–Kier alpha value is -8.98. The normalized spacial score (nSPS) is 12.4. The zero-order chi connectivity index (χ0) is 108. The average molecular weight is 2230 g/mol. The zero-order valence-corrected chi connectivity index (χ0v) is 98.8. The van der Waals surface area contributed by atoms with E-state index < -0.39 is 0 Å². The molecule has 2 saturated heterocycles. The summed E-state index contributed by atoms with van der Waals surface area (Å²) in [6.07, 6.45) is 25.5. The van der Waals surface area contributed by atoms with Crippen LogP contribution in [-0.2, 0) is 22.4 Å². The molecule has 1 saturated carbocycles. The third-order valence-electron chi connectivity index (χ3n) is 23.2. The van der Waals surface area contributed by atoms with E-state index in [9.17, 15) is 52.7 Å². The van der Waals surface area contributed by atoms with E-state index in [1.807, 2.05) is 224 Å². The van der Waals surface area contributed by atoms with E-state index in [0.29, 0.717) is 75.4 Å². The molecular weight excluding hydrogens is 2070 g/mol. The predicted molar refractivity (Wildman–Crippen MR) is 625 cm³/mol. The van der Waals surface area contributed by atoms with Crippen molar-refractivity contribution in [3.8, 4) is 0 Å². The van der Waals surface area contributed by atoms with Gasteiger partial charge in [-0.05, 0) is 265 Å². The Morgan fingerprint density at radius 2 is 0.823 bits per heavy atom. The van der Waals surface area contributed by atoms with E-state index in [1.165, 1.54) is 119 Å². The zero-order valence-electron chi connectivity index (χ0n) is 89.0. The van der Waals surface area contributed by atoms with E-state index in [2.05, 4.69) is 48.0 Å². The lowest BCUT2D eigenvalue weighted by Crippen LogP contribution is -2.45. The molecule has 13 aromatic rings. The Bertz CT molecular complexity index is 5940. The number of ether oxygens (including phenoxy) is 1. The van der Waals surface area contributed by atoms with E-state index >= 15 is 0 Å². The maximum absolute atomic E-state index is 12.4. The van der Waals surface area contributed by atoms with Gasteiger partial charge in [0.1, 0.15) is 17.4 Å². The smallest absolute Gasteiger partial charge is 0.254 e. The number of nitrogens with two attached hydrogens (primary N) is 2. The highest BCUT2D eigenvalue weighted by Gasteiger charge is 2.30. The number of aromatic nitrogens is 1. The molecule has 1 aliphatic carbocycles. The Morgan fingerprint density at radius 3 is 1.17 bits per heavy atom. The number of carbonyl (C=O) groups is 11. The number of ketones is 8. The van der Waals surface area contributed by atoms with Gasteiger partial charge in [0, 0.05) is 273 Å². The molecule has 21 nitrogen and oxygen atoms in total. The minimum absolute atomic E-state index is 0.00435. The fraction of sp³-hybridized carbons (Fsp3) is 0.456. The number of nitrogen functional groups attached to an aromatic ring is 1. The summed E-state index contributed by atoms with van der Waals surface area (Å²) in [4.78, 5) is 153. The number of amides is 3. The van der Waals surface area contributed by atoms with Crippen LogP contribution in [0.5, 0.6) is 0 Å². The molecule has 3 aliphatic rings. The van der Waals surface area contributed by atoms with Crippen LogP contribution in [0.15, 0.2) is 160 Å². The SMILES string of the molecule is CCCCCC(=O)c1csc(C)c1.CCCNC(=O)c1csc(C)c1.COCC(=O)c1csc(C)c1.Cc1cc(C(=O)CC2CCC2)cs1.Cc1cc(C(=O)CCC(=O)N(C)C)cs1.Cc1cc(C(=O)CCCCN(C)C)cs1.Cc1cc(C(=O)CCCCN)cs1.Cc1cc(C(=O)CCc2ccco2)cs1.Cc1cc(C(=O)Cc2nccs2)cs1.Cc1cc(C(=O)N2CCC(N3CCCC3)CC2)cs1.Cc1cc(N)cs1. The molecule has 798 valence electrons. The highest BCUT2D eigenvalue weighted by molar-refractivity contribution is 7.13. The van der Waals surface area contributed by atoms with Crippen molar-refractivity contribution in [1.29, 1.82) is 0 Å². The summed E-state index contributed by atoms with van der Waals surface area (Å²) in [5, 5.41) is 26.8. The van der Waals surface area contributed by atoms with Crippen LogP contribution in [0.3, 0.4) is 0 Å². The topological polar surface area (TPSA) is 300 Å². The molecule has 13 aromatic heterocycles. The van der Waals surface area contributed by atoms with Gasteiger partial charge in [-0.3, -0.25) is 52.7 Å². The van der Waals surface area contributed by atoms with Gasteiger partial charge in [-0.25, -0.2) is 4.98 Å². The number of likely N-dealkylation sites (tertiary alicyclic amines) is 2. The van der Waals surface area contributed by atoms with Crippen LogP contribution in [0.25, 0.3) is 0 Å². The lowest BCUT2D eigenvalue weighted by Gasteiger charge is -2.36. The maximum atomic E-state index is 12.4. The highest BCUT2D eigenvalue weighted by atomic mass is 32.1. The van der Waals surface area contributed by atoms with Gasteiger partial charge in [-0.15, -0.1) is 136 Å². The fourth-order valence-electron chi connectivity index (χ4n) is 14.8. The fourth-order valence-corrected chi connectivity index (χ4v) is 23.0. The number of carbonyl (C=O) groups excluding carboxylic acids is 11. The second kappa shape index (κ2) is 71.0. The Balaban J connectivity index is 0.000000248. The number of nitrogens with one attached hydrogen (secondary N) is 1. The third kappa shape index (κ3) is 51.1. The summed E-state index contributed by atoms with van der Waals surface area (Å²) in [5.41, 5.74) is 20.0. The van der Waals surface area contributed by atoms with E-state index in [0.717, 1.165) is 178 Å². The molecule has 16 rings (SSSR count). The van der Waals surface area contributed by atoms with Crippen LogP contribution in [0.4, 0.5) is 5.69 Å². The van der Waals surface area contributed by atoms with Gasteiger partial charge in [-0.2, -0.15) is 0 Å². The van der Waals surface area contributed by atoms with Crippen molar-refractivity contribution in [3.63, 3.8) is 0 Å². The van der Waals surface area contributed by atoms with Crippen LogP contribution < -0.4 is 16.8 Å². The maximum Gasteiger partial charge on any atom is 0.254 e. The number of nitrogens with zero attached hydrogens (tertiary/aromatic N) is 5. The molecule has 33 heteroatoms. The molecule has 0 spiro atoms. The number of hydrogen-bond acceptors (Lipinski definition) is 30. The molecular formula is C114H152N8O13S12. The number of rotatable bonds is 38. The first-order chi connectivity index (χ1) is 70.3. The lowest BCUT2D eigenvalue weighted by molar-refractivity contribution is -0.128. The minimum Gasteiger partial charge on any atom is -0.469 e. The summed E-state index contributed by atoms with van der Waals surface area (Å²) in [7, 11) is 9.04. The van der Waals surface area contributed by atoms with Crippen molar-refractivity contribution in [2.75, 3.05) is 93.5 Å². The first-order valence-corrected chi connectivity index (χ1v) is 60.7. The Kier molecular flexibility index (Phi) is 61.1. The quantitative estimate of drug-likeness (QED) is 0.0239. The number of unbranched alkanes of at least 4 members (excludes halogenated alkanes) is 4. The second-order valence-corrected chi connectivity index (χ2v) is 50.0. The van der Waals surface area contributed by atoms with E-state index in [-0.39, 0.29) is 59.0 Å². The van der Waals surface area contributed by atoms with E-state index in [4.69, 9.17) is 20.6 Å². The molecule has 3 amide bonds. The summed E-state index contributed by atoms with van der Waals surface area (Å²) in [6.45, 7) is 33.4.